The quantitative estimate of drug-likeness (QED) is 0.111. The zero-order valence-corrected chi connectivity index (χ0v) is 28.5. The number of ketones is 2. The van der Waals surface area contributed by atoms with Crippen LogP contribution in [0.25, 0.3) is 27.6 Å². The van der Waals surface area contributed by atoms with Crippen LogP contribution in [0.4, 0.5) is 17.1 Å². The van der Waals surface area contributed by atoms with E-state index in [4.69, 9.17) is 0 Å². The third kappa shape index (κ3) is 4.78. The van der Waals surface area contributed by atoms with Gasteiger partial charge in [-0.15, -0.1) is 0 Å². The molecule has 0 saturated carbocycles. The number of Topliss-reactive ketones (excluding diaryl/α,β-unsaturated/α-hetero) is 2. The van der Waals surface area contributed by atoms with Gasteiger partial charge in [0.2, 0.25) is 0 Å². The predicted octanol–water partition coefficient (Wildman–Crippen LogP) is 11.0. The van der Waals surface area contributed by atoms with Crippen molar-refractivity contribution in [3.8, 4) is 0 Å². The van der Waals surface area contributed by atoms with Crippen LogP contribution in [-0.4, -0.2) is 19.6 Å². The van der Waals surface area contributed by atoms with Crippen molar-refractivity contribution in [1.82, 2.24) is 0 Å². The Labute approximate surface area is 277 Å². The fourth-order valence-electron chi connectivity index (χ4n) is 7.69. The van der Waals surface area contributed by atoms with E-state index in [0.29, 0.717) is 11.1 Å². The Hall–Kier alpha value is -5.06. The molecule has 1 aliphatic carbocycles. The lowest BCUT2D eigenvalue weighted by Crippen LogP contribution is -2.31. The van der Waals surface area contributed by atoms with Gasteiger partial charge in [0.25, 0.3) is 0 Å². The molecule has 0 radical (unpaired) electrons. The molecule has 0 aromatic heterocycles. The minimum atomic E-state index is -1.23. The number of rotatable bonds is 4. The lowest BCUT2D eigenvalue weighted by Gasteiger charge is -2.42. The minimum absolute atomic E-state index is 0.203. The second-order valence-electron chi connectivity index (χ2n) is 14.8. The van der Waals surface area contributed by atoms with E-state index in [1.807, 2.05) is 42.5 Å². The Morgan fingerprint density at radius 1 is 0.660 bits per heavy atom. The monoisotopic (exact) mass is 627 g/mol. The number of nitrogens with zero attached hydrogens (tertiary/aromatic N) is 1. The van der Waals surface area contributed by atoms with Gasteiger partial charge in [-0.1, -0.05) is 112 Å². The van der Waals surface area contributed by atoms with Crippen LogP contribution in [0.15, 0.2) is 121 Å². The number of hydrogen-bond donors (Lipinski definition) is 0. The molecule has 230 valence electrons. The number of hydrogen-bond acceptors (Lipinski definition) is 3. The lowest BCUT2D eigenvalue weighted by atomic mass is 9.71. The molecule has 6 aromatic carbocycles. The molecule has 0 saturated heterocycles. The highest BCUT2D eigenvalue weighted by atomic mass is 28.3. The second-order valence-corrected chi connectivity index (χ2v) is 20.3. The second kappa shape index (κ2) is 10.5. The van der Waals surface area contributed by atoms with Crippen molar-refractivity contribution in [2.75, 3.05) is 4.90 Å². The maximum absolute atomic E-state index is 13.5. The van der Waals surface area contributed by atoms with Crippen LogP contribution in [0.1, 0.15) is 56.8 Å². The highest BCUT2D eigenvalue weighted by molar-refractivity contribution is 6.75. The molecule has 0 amide bonds. The summed E-state index contributed by atoms with van der Waals surface area (Å²) >= 11 is 0. The van der Waals surface area contributed by atoms with Crippen molar-refractivity contribution in [2.24, 2.45) is 0 Å². The molecular formula is C43H37NO2Si. The van der Waals surface area contributed by atoms with E-state index in [2.05, 4.69) is 111 Å². The van der Waals surface area contributed by atoms with Gasteiger partial charge in [-0.25, -0.2) is 0 Å². The summed E-state index contributed by atoms with van der Waals surface area (Å²) in [6.07, 6.45) is 1.77. The van der Waals surface area contributed by atoms with Crippen molar-refractivity contribution in [1.29, 1.82) is 0 Å². The summed E-state index contributed by atoms with van der Waals surface area (Å²) in [6, 6.07) is 41.3. The van der Waals surface area contributed by atoms with Gasteiger partial charge in [-0.05, 0) is 92.8 Å². The van der Waals surface area contributed by atoms with Gasteiger partial charge in [0, 0.05) is 30.3 Å². The van der Waals surface area contributed by atoms with Crippen molar-refractivity contribution in [2.45, 2.75) is 44.9 Å². The zero-order chi connectivity index (χ0) is 32.7. The molecule has 47 heavy (non-hydrogen) atoms. The van der Waals surface area contributed by atoms with E-state index in [-0.39, 0.29) is 22.6 Å². The summed E-state index contributed by atoms with van der Waals surface area (Å²) < 4.78 is 0. The maximum Gasteiger partial charge on any atom is 0.197 e. The minimum Gasteiger partial charge on any atom is -0.310 e. The van der Waals surface area contributed by atoms with E-state index in [1.54, 1.807) is 6.08 Å². The molecule has 1 heterocycles. The first-order valence-corrected chi connectivity index (χ1v) is 20.1. The lowest BCUT2D eigenvalue weighted by molar-refractivity contribution is 0.0990. The number of carbonyl (C=O) groups is 2. The van der Waals surface area contributed by atoms with Crippen LogP contribution in [0.5, 0.6) is 0 Å². The van der Waals surface area contributed by atoms with Gasteiger partial charge in [0.05, 0.1) is 16.9 Å². The van der Waals surface area contributed by atoms with E-state index in [9.17, 15) is 9.59 Å². The summed E-state index contributed by atoms with van der Waals surface area (Å²) in [5.74, 6) is -0.406. The van der Waals surface area contributed by atoms with Crippen LogP contribution in [-0.2, 0) is 11.5 Å². The Kier molecular flexibility index (Phi) is 6.54. The van der Waals surface area contributed by atoms with Crippen molar-refractivity contribution >= 4 is 64.3 Å². The van der Waals surface area contributed by atoms with Gasteiger partial charge >= 0.3 is 0 Å². The molecule has 4 heteroatoms. The fraction of sp³-hybridized carbons (Fsp3) is 0.163. The van der Waals surface area contributed by atoms with Crippen LogP contribution < -0.4 is 4.90 Å². The van der Waals surface area contributed by atoms with Crippen molar-refractivity contribution < 1.29 is 9.59 Å². The van der Waals surface area contributed by atoms with Crippen molar-refractivity contribution in [3.63, 3.8) is 0 Å². The summed E-state index contributed by atoms with van der Waals surface area (Å²) in [6.45, 7) is 11.9. The van der Waals surface area contributed by atoms with Crippen LogP contribution in [0.2, 0.25) is 19.6 Å². The van der Waals surface area contributed by atoms with Crippen LogP contribution in [0.3, 0.4) is 0 Å². The number of allylic oxidation sites excluding steroid dienone is 1. The first kappa shape index (κ1) is 29.3. The van der Waals surface area contributed by atoms with Crippen molar-refractivity contribution in [3.05, 3.63) is 154 Å². The molecule has 8 rings (SSSR count). The first-order chi connectivity index (χ1) is 22.5. The summed E-state index contributed by atoms with van der Waals surface area (Å²) in [4.78, 5) is 29.4. The molecule has 0 atom stereocenters. The van der Waals surface area contributed by atoms with Gasteiger partial charge in [-0.3, -0.25) is 9.59 Å². The normalized spacial score (nSPS) is 15.2. The third-order valence-electron chi connectivity index (χ3n) is 9.81. The van der Waals surface area contributed by atoms with Gasteiger partial charge in [-0.2, -0.15) is 0 Å². The average molecular weight is 628 g/mol. The predicted molar refractivity (Wildman–Crippen MR) is 198 cm³/mol. The number of para-hydroxylation sites is 1. The summed E-state index contributed by atoms with van der Waals surface area (Å²) in [5, 5.41) is 4.18. The maximum atomic E-state index is 13.5. The first-order valence-electron chi connectivity index (χ1n) is 16.4. The number of carbonyl (C=O) groups excluding carboxylic acids is 2. The van der Waals surface area contributed by atoms with Gasteiger partial charge in [0.1, 0.15) is 0 Å². The Morgan fingerprint density at radius 2 is 1.30 bits per heavy atom. The number of fused-ring (bicyclic) bond motifs is 6. The zero-order valence-electron chi connectivity index (χ0n) is 27.5. The standard InChI is InChI=1S/C43H37NO2Si/c1-43(2)37-12-8-9-13-38(37)44(32-18-14-27(15-19-32)26-47(3,4)5)39-21-17-31-22-28(16-20-33(31)40(39)43)23-36-41(45)34-24-29-10-6-7-11-30(29)25-35(34)42(36)46/h6-25H,26H2,1-5H3. The Morgan fingerprint density at radius 3 is 1.96 bits per heavy atom. The molecule has 0 fully saturated rings. The summed E-state index contributed by atoms with van der Waals surface area (Å²) in [5.41, 5.74) is 9.28. The molecular weight excluding hydrogens is 591 g/mol. The van der Waals surface area contributed by atoms with E-state index in [1.165, 1.54) is 33.5 Å². The SMILES string of the molecule is CC1(C)c2ccccc2N(c2ccc(C[Si](C)(C)C)cc2)c2ccc3cc(C=C4C(=O)c5cc6ccccc6cc5C4=O)ccc3c21. The van der Waals surface area contributed by atoms with E-state index >= 15 is 0 Å². The van der Waals surface area contributed by atoms with E-state index in [0.717, 1.165) is 33.5 Å². The fourth-order valence-corrected chi connectivity index (χ4v) is 9.15. The van der Waals surface area contributed by atoms with Crippen LogP contribution in [0, 0.1) is 0 Å². The molecule has 0 bridgehead atoms. The molecule has 0 N–H and O–H groups in total. The molecule has 0 unspecified atom stereocenters. The molecule has 6 aromatic rings. The van der Waals surface area contributed by atoms with Crippen LogP contribution >= 0.6 is 0 Å². The molecule has 1 aliphatic heterocycles. The molecule has 0 spiro atoms. The summed E-state index contributed by atoms with van der Waals surface area (Å²) in [7, 11) is -1.23. The van der Waals surface area contributed by atoms with Gasteiger partial charge < -0.3 is 4.90 Å². The molecule has 3 nitrogen and oxygen atoms in total. The average Bonchev–Trinajstić information content (AvgIpc) is 3.27. The highest BCUT2D eigenvalue weighted by Crippen LogP contribution is 2.54. The topological polar surface area (TPSA) is 37.4 Å². The van der Waals surface area contributed by atoms with Gasteiger partial charge in [0.15, 0.2) is 11.6 Å². The largest absolute Gasteiger partial charge is 0.310 e. The molecule has 2 aliphatic rings. The van der Waals surface area contributed by atoms with E-state index < -0.39 is 8.07 Å². The third-order valence-corrected chi connectivity index (χ3v) is 11.3. The smallest absolute Gasteiger partial charge is 0.197 e. The highest BCUT2D eigenvalue weighted by Gasteiger charge is 2.38. The number of anilines is 3. The Balaban J connectivity index is 1.23. The number of benzene rings is 6. The Bertz CT molecular complexity index is 2270.